The van der Waals surface area contributed by atoms with Gasteiger partial charge in [-0.15, -0.1) is 11.8 Å². The number of β-lactam (4-membered cyclic amide) rings is 1. The number of oxime groups is 1. The Morgan fingerprint density at radius 3 is 2.74 bits per heavy atom. The Morgan fingerprint density at radius 1 is 1.40 bits per heavy atom. The van der Waals surface area contributed by atoms with E-state index in [1.54, 1.807) is 6.92 Å². The van der Waals surface area contributed by atoms with Crippen molar-refractivity contribution in [1.82, 2.24) is 24.5 Å². The number of aliphatic carboxylic acids is 1. The number of nitrogen functional groups attached to an aromatic ring is 1. The van der Waals surface area contributed by atoms with E-state index in [1.165, 1.54) is 23.8 Å². The molecule has 1 aromatic heterocycles. The highest BCUT2D eigenvalue weighted by molar-refractivity contribution is 8.00. The Hall–Kier alpha value is -3.24. The minimum Gasteiger partial charge on any atom is -0.477 e. The van der Waals surface area contributed by atoms with E-state index in [4.69, 9.17) is 16.3 Å². The molecule has 4 rings (SSSR count). The van der Waals surface area contributed by atoms with Crippen molar-refractivity contribution in [3.05, 3.63) is 17.1 Å². The molecule has 1 aromatic rings. The molecule has 3 aliphatic rings. The highest BCUT2D eigenvalue weighted by atomic mass is 32.2. The van der Waals surface area contributed by atoms with Gasteiger partial charge < -0.3 is 26.7 Å². The lowest BCUT2D eigenvalue weighted by molar-refractivity contribution is -0.150. The zero-order chi connectivity index (χ0) is 25.5. The van der Waals surface area contributed by atoms with E-state index in [2.05, 4.69) is 19.8 Å². The topological polar surface area (TPSA) is 206 Å². The molecule has 0 aromatic carbocycles. The second-order valence-corrected chi connectivity index (χ2v) is 10.2. The summed E-state index contributed by atoms with van der Waals surface area (Å²) in [5.41, 5.74) is 10.4. The zero-order valence-corrected chi connectivity index (χ0v) is 20.5. The number of likely N-dealkylation sites (tertiary alicyclic amines) is 1. The molecule has 4 heterocycles. The van der Waals surface area contributed by atoms with E-state index >= 15 is 0 Å². The van der Waals surface area contributed by atoms with Gasteiger partial charge in [0.25, 0.3) is 11.8 Å². The molecule has 0 bridgehead atoms. The fourth-order valence-corrected chi connectivity index (χ4v) is 6.17. The van der Waals surface area contributed by atoms with Gasteiger partial charge in [-0.3, -0.25) is 24.2 Å². The van der Waals surface area contributed by atoms with Gasteiger partial charge >= 0.3 is 5.97 Å². The molecule has 0 saturated carbocycles. The average molecular weight is 525 g/mol. The quantitative estimate of drug-likeness (QED) is 0.176. The van der Waals surface area contributed by atoms with Crippen LogP contribution in [0.25, 0.3) is 0 Å². The van der Waals surface area contributed by atoms with E-state index < -0.39 is 40.6 Å². The Morgan fingerprint density at radius 2 is 2.14 bits per heavy atom. The lowest BCUT2D eigenvalue weighted by Crippen LogP contribution is -2.71. The summed E-state index contributed by atoms with van der Waals surface area (Å²) in [4.78, 5) is 61.6. The van der Waals surface area contributed by atoms with Crippen molar-refractivity contribution < 1.29 is 29.1 Å². The van der Waals surface area contributed by atoms with Crippen LogP contribution in [-0.2, 0) is 24.0 Å². The summed E-state index contributed by atoms with van der Waals surface area (Å²) in [6, 6.07) is -0.982. The maximum Gasteiger partial charge on any atom is 0.352 e. The van der Waals surface area contributed by atoms with Crippen LogP contribution in [0.5, 0.6) is 0 Å². The number of rotatable bonds is 8. The predicted octanol–water partition coefficient (Wildman–Crippen LogP) is -1.45. The number of carboxylic acids is 1. The number of amides is 3. The van der Waals surface area contributed by atoms with Crippen molar-refractivity contribution in [3.8, 4) is 0 Å². The first-order valence-corrected chi connectivity index (χ1v) is 12.4. The van der Waals surface area contributed by atoms with Crippen LogP contribution in [0.1, 0.15) is 25.6 Å². The molecule has 188 valence electrons. The molecule has 3 aliphatic heterocycles. The first-order chi connectivity index (χ1) is 16.6. The number of nitrogens with zero attached hydrogens (tertiary/aromatic N) is 5. The smallest absolute Gasteiger partial charge is 0.352 e. The van der Waals surface area contributed by atoms with Gasteiger partial charge in [0.05, 0.1) is 5.54 Å². The second kappa shape index (κ2) is 9.43. The van der Waals surface area contributed by atoms with E-state index in [1.807, 2.05) is 4.90 Å². The molecule has 6 N–H and O–H groups in total. The molecule has 0 radical (unpaired) electrons. The number of hydrogen-bond donors (Lipinski definition) is 4. The van der Waals surface area contributed by atoms with E-state index in [9.17, 15) is 24.3 Å². The highest BCUT2D eigenvalue weighted by Gasteiger charge is 2.55. The maximum absolute atomic E-state index is 13.0. The fraction of sp³-hybridized carbons (Fsp3) is 0.526. The molecule has 3 amide bonds. The van der Waals surface area contributed by atoms with Gasteiger partial charge in [0, 0.05) is 23.8 Å². The van der Waals surface area contributed by atoms with Crippen molar-refractivity contribution in [2.45, 2.75) is 36.7 Å². The van der Waals surface area contributed by atoms with Crippen LogP contribution in [0.15, 0.2) is 16.4 Å². The maximum atomic E-state index is 13.0. The molecule has 0 aliphatic carbocycles. The third-order valence-corrected chi connectivity index (χ3v) is 8.17. The SMILES string of the molecule is CO/N=C(\C(=O)N[C@@H]1C(=O)N2C(C(=O)O)=C(CN3CCC[C@@]3(C)C(N)=O)CS[C@@H]12)c1nsc(N)n1. The van der Waals surface area contributed by atoms with Crippen molar-refractivity contribution >= 4 is 57.8 Å². The number of anilines is 1. The molecule has 0 spiro atoms. The van der Waals surface area contributed by atoms with Crippen LogP contribution in [0.4, 0.5) is 5.13 Å². The molecule has 3 atom stereocenters. The summed E-state index contributed by atoms with van der Waals surface area (Å²) in [5.74, 6) is -2.81. The largest absolute Gasteiger partial charge is 0.477 e. The summed E-state index contributed by atoms with van der Waals surface area (Å²) in [6.45, 7) is 2.53. The molecule has 2 saturated heterocycles. The zero-order valence-electron chi connectivity index (χ0n) is 18.9. The summed E-state index contributed by atoms with van der Waals surface area (Å²) in [6.07, 6.45) is 1.34. The summed E-state index contributed by atoms with van der Waals surface area (Å²) < 4.78 is 3.94. The van der Waals surface area contributed by atoms with Gasteiger partial charge in [-0.05, 0) is 31.9 Å². The number of aromatic nitrogens is 2. The number of nitrogens with one attached hydrogen (secondary N) is 1. The summed E-state index contributed by atoms with van der Waals surface area (Å²) in [7, 11) is 1.24. The normalized spacial score (nSPS) is 26.9. The number of thioether (sulfide) groups is 1. The van der Waals surface area contributed by atoms with Gasteiger partial charge in [-0.2, -0.15) is 9.36 Å². The lowest BCUT2D eigenvalue weighted by Gasteiger charge is -2.50. The molecule has 35 heavy (non-hydrogen) atoms. The number of nitrogens with two attached hydrogens (primary N) is 2. The molecule has 14 nitrogen and oxygen atoms in total. The van der Waals surface area contributed by atoms with Crippen molar-refractivity contribution in [3.63, 3.8) is 0 Å². The molecule has 16 heteroatoms. The van der Waals surface area contributed by atoms with Crippen LogP contribution in [0.3, 0.4) is 0 Å². The van der Waals surface area contributed by atoms with E-state index in [0.29, 0.717) is 24.3 Å². The second-order valence-electron chi connectivity index (χ2n) is 8.36. The van der Waals surface area contributed by atoms with Gasteiger partial charge in [0.1, 0.15) is 24.2 Å². The first kappa shape index (κ1) is 24.9. The third kappa shape index (κ3) is 4.32. The number of primary amides is 1. The number of carbonyl (C=O) groups is 4. The van der Waals surface area contributed by atoms with Gasteiger partial charge in [-0.1, -0.05) is 5.16 Å². The number of hydrogen-bond acceptors (Lipinski definition) is 12. The standard InChI is InChI=1S/C19H24N8O6S2/c1-19(17(20)32)4-3-5-26(19)6-8-7-34-15-10(14(29)27(15)11(8)16(30)31)22-13(28)9(24-33-2)12-23-18(21)35-25-12/h10,15H,3-7H2,1-2H3,(H2,20,32)(H,22,28)(H,30,31)(H2,21,23,25)/b24-9-/t10-,15+,19+/m1/s1. The number of carbonyl (C=O) groups excluding carboxylic acids is 3. The Bertz CT molecular complexity index is 1150. The minimum atomic E-state index is -1.26. The van der Waals surface area contributed by atoms with Crippen LogP contribution in [0.2, 0.25) is 0 Å². The van der Waals surface area contributed by atoms with Crippen LogP contribution in [0, 0.1) is 0 Å². The Kier molecular flexibility index (Phi) is 6.70. The molecule has 0 unspecified atom stereocenters. The van der Waals surface area contributed by atoms with E-state index in [0.717, 1.165) is 18.0 Å². The third-order valence-electron chi connectivity index (χ3n) is 6.29. The summed E-state index contributed by atoms with van der Waals surface area (Å²) in [5, 5.41) is 15.6. The first-order valence-electron chi connectivity index (χ1n) is 10.5. The Labute approximate surface area is 207 Å². The number of carboxylic acid groups (broad SMARTS) is 1. The lowest BCUT2D eigenvalue weighted by atomic mass is 9.97. The predicted molar refractivity (Wildman–Crippen MR) is 126 cm³/mol. The van der Waals surface area contributed by atoms with Crippen molar-refractivity contribution in [1.29, 1.82) is 0 Å². The van der Waals surface area contributed by atoms with Gasteiger partial charge in [0.15, 0.2) is 5.13 Å². The average Bonchev–Trinajstić information content (AvgIpc) is 3.41. The van der Waals surface area contributed by atoms with Crippen molar-refractivity contribution in [2.75, 3.05) is 31.7 Å². The minimum absolute atomic E-state index is 0.0525. The van der Waals surface area contributed by atoms with Gasteiger partial charge in [-0.25, -0.2) is 4.79 Å². The van der Waals surface area contributed by atoms with Crippen LogP contribution >= 0.6 is 23.3 Å². The Balaban J connectivity index is 1.53. The van der Waals surface area contributed by atoms with Gasteiger partial charge in [0.2, 0.25) is 17.4 Å². The van der Waals surface area contributed by atoms with Crippen LogP contribution < -0.4 is 16.8 Å². The molecular weight excluding hydrogens is 500 g/mol. The van der Waals surface area contributed by atoms with Crippen LogP contribution in [-0.4, -0.2) is 96.6 Å². The number of fused-ring (bicyclic) bond motifs is 1. The molecule has 2 fully saturated rings. The monoisotopic (exact) mass is 524 g/mol. The van der Waals surface area contributed by atoms with Crippen molar-refractivity contribution in [2.24, 2.45) is 10.9 Å². The molecular formula is C19H24N8O6S2. The fourth-order valence-electron chi connectivity index (χ4n) is 4.40. The van der Waals surface area contributed by atoms with E-state index in [-0.39, 0.29) is 28.9 Å². The summed E-state index contributed by atoms with van der Waals surface area (Å²) >= 11 is 2.19. The highest BCUT2D eigenvalue weighted by Crippen LogP contribution is 2.41.